The van der Waals surface area contributed by atoms with E-state index in [1.807, 2.05) is 48.5 Å². The Labute approximate surface area is 175 Å². The maximum absolute atomic E-state index is 12.5. The third-order valence-electron chi connectivity index (χ3n) is 4.77. The van der Waals surface area contributed by atoms with E-state index in [2.05, 4.69) is 5.32 Å². The summed E-state index contributed by atoms with van der Waals surface area (Å²) in [5.74, 6) is 0.873. The largest absolute Gasteiger partial charge is 0.484 e. The number of anilines is 2. The lowest BCUT2D eigenvalue weighted by Gasteiger charge is -2.30. The Balaban J connectivity index is 1.43. The van der Waals surface area contributed by atoms with Gasteiger partial charge in [-0.3, -0.25) is 9.59 Å². The number of rotatable bonds is 7. The molecular weight excluding hydrogens is 380 g/mol. The highest BCUT2D eigenvalue weighted by atomic mass is 16.5. The van der Waals surface area contributed by atoms with Gasteiger partial charge in [-0.25, -0.2) is 0 Å². The fourth-order valence-electron chi connectivity index (χ4n) is 3.27. The van der Waals surface area contributed by atoms with Crippen molar-refractivity contribution in [2.75, 3.05) is 30.0 Å². The molecule has 0 aliphatic carbocycles. The first-order chi connectivity index (χ1) is 14.7. The number of ether oxygens (including phenoxy) is 2. The molecule has 0 bridgehead atoms. The Morgan fingerprint density at radius 3 is 2.50 bits per heavy atom. The number of para-hydroxylation sites is 1. The number of hydrogen-bond donors (Lipinski definition) is 1. The molecule has 1 heterocycles. The molecule has 0 fully saturated rings. The Kier molecular flexibility index (Phi) is 5.94. The first-order valence-electron chi connectivity index (χ1n) is 9.78. The van der Waals surface area contributed by atoms with Crippen LogP contribution in [-0.2, 0) is 16.0 Å². The lowest BCUT2D eigenvalue weighted by atomic mass is 10.1. The summed E-state index contributed by atoms with van der Waals surface area (Å²) in [6.45, 7) is 0.445. The van der Waals surface area contributed by atoms with E-state index in [4.69, 9.17) is 9.47 Å². The number of hydrogen-bond acceptors (Lipinski definition) is 4. The second-order valence-corrected chi connectivity index (χ2v) is 6.90. The van der Waals surface area contributed by atoms with Gasteiger partial charge >= 0.3 is 0 Å². The van der Waals surface area contributed by atoms with Gasteiger partial charge in [-0.2, -0.15) is 0 Å². The zero-order valence-electron chi connectivity index (χ0n) is 16.4. The van der Waals surface area contributed by atoms with Gasteiger partial charge in [0, 0.05) is 12.2 Å². The number of nitrogens with zero attached hydrogens (tertiary/aromatic N) is 1. The van der Waals surface area contributed by atoms with Gasteiger partial charge in [-0.05, 0) is 42.3 Å². The van der Waals surface area contributed by atoms with Gasteiger partial charge < -0.3 is 19.7 Å². The number of carbonyl (C=O) groups excluding carboxylic acids is 2. The van der Waals surface area contributed by atoms with Crippen LogP contribution in [0.1, 0.15) is 5.56 Å². The van der Waals surface area contributed by atoms with Crippen molar-refractivity contribution in [3.05, 3.63) is 84.4 Å². The van der Waals surface area contributed by atoms with Crippen LogP contribution in [-0.4, -0.2) is 31.6 Å². The fraction of sp³-hybridized carbons (Fsp3) is 0.167. The normalized spacial score (nSPS) is 12.7. The predicted octanol–water partition coefficient (Wildman–Crippen LogP) is 3.67. The van der Waals surface area contributed by atoms with E-state index < -0.39 is 0 Å². The van der Waals surface area contributed by atoms with Crippen LogP contribution in [0.5, 0.6) is 11.5 Å². The van der Waals surface area contributed by atoms with Crippen molar-refractivity contribution in [2.24, 2.45) is 0 Å². The van der Waals surface area contributed by atoms with Crippen molar-refractivity contribution >= 4 is 23.2 Å². The minimum absolute atomic E-state index is 0.0123. The maximum Gasteiger partial charge on any atom is 0.265 e. The van der Waals surface area contributed by atoms with Crippen LogP contribution in [0.2, 0.25) is 0 Å². The van der Waals surface area contributed by atoms with Crippen LogP contribution in [0.3, 0.4) is 0 Å². The highest BCUT2D eigenvalue weighted by Gasteiger charge is 2.25. The van der Waals surface area contributed by atoms with Gasteiger partial charge in [-0.15, -0.1) is 0 Å². The third-order valence-corrected chi connectivity index (χ3v) is 4.77. The average Bonchev–Trinajstić information content (AvgIpc) is 2.78. The highest BCUT2D eigenvalue weighted by molar-refractivity contribution is 5.99. The highest BCUT2D eigenvalue weighted by Crippen LogP contribution is 2.34. The SMILES string of the molecule is O=C(COc1ccccc1)Nc1ccc2c(c1)N(CCc1ccccc1)C(=O)CO2. The number of fused-ring (bicyclic) bond motifs is 1. The van der Waals surface area contributed by atoms with Gasteiger partial charge in [-0.1, -0.05) is 48.5 Å². The van der Waals surface area contributed by atoms with Crippen LogP contribution in [0, 0.1) is 0 Å². The molecule has 0 spiro atoms. The van der Waals surface area contributed by atoms with E-state index in [1.54, 1.807) is 35.2 Å². The Morgan fingerprint density at radius 1 is 1.00 bits per heavy atom. The van der Waals surface area contributed by atoms with Crippen molar-refractivity contribution in [3.63, 3.8) is 0 Å². The summed E-state index contributed by atoms with van der Waals surface area (Å²) >= 11 is 0. The Bertz CT molecular complexity index is 1020. The Morgan fingerprint density at radius 2 is 1.73 bits per heavy atom. The van der Waals surface area contributed by atoms with Gasteiger partial charge in [0.15, 0.2) is 13.2 Å². The molecule has 3 aromatic rings. The number of carbonyl (C=O) groups is 2. The van der Waals surface area contributed by atoms with Gasteiger partial charge in [0.1, 0.15) is 11.5 Å². The third kappa shape index (κ3) is 4.78. The van der Waals surface area contributed by atoms with Gasteiger partial charge in [0.25, 0.3) is 11.8 Å². The van der Waals surface area contributed by atoms with Crippen LogP contribution in [0.4, 0.5) is 11.4 Å². The quantitative estimate of drug-likeness (QED) is 0.655. The number of amides is 2. The molecule has 1 aliphatic rings. The molecule has 6 heteroatoms. The molecule has 30 heavy (non-hydrogen) atoms. The van der Waals surface area contributed by atoms with Gasteiger partial charge in [0.2, 0.25) is 0 Å². The second kappa shape index (κ2) is 9.13. The first kappa shape index (κ1) is 19.5. The summed E-state index contributed by atoms with van der Waals surface area (Å²) in [4.78, 5) is 26.4. The van der Waals surface area contributed by atoms with Crippen molar-refractivity contribution in [1.82, 2.24) is 0 Å². The Hall–Kier alpha value is -3.80. The molecule has 0 unspecified atom stereocenters. The van der Waals surface area contributed by atoms with Gasteiger partial charge in [0.05, 0.1) is 5.69 Å². The molecule has 152 valence electrons. The standard InChI is InChI=1S/C24H22N2O4/c27-23(16-29-20-9-5-2-6-10-20)25-19-11-12-22-21(15-19)26(24(28)17-30-22)14-13-18-7-3-1-4-8-18/h1-12,15H,13-14,16-17H2,(H,25,27). The molecular formula is C24H22N2O4. The molecule has 0 atom stereocenters. The first-order valence-corrected chi connectivity index (χ1v) is 9.78. The summed E-state index contributed by atoms with van der Waals surface area (Å²) in [6, 6.07) is 24.4. The molecule has 3 aromatic carbocycles. The minimum atomic E-state index is -0.280. The van der Waals surface area contributed by atoms with E-state index in [0.717, 1.165) is 12.0 Å². The summed E-state index contributed by atoms with van der Waals surface area (Å²) in [5, 5.41) is 2.81. The van der Waals surface area contributed by atoms with Crippen LogP contribution >= 0.6 is 0 Å². The van der Waals surface area contributed by atoms with E-state index >= 15 is 0 Å². The molecule has 6 nitrogen and oxygen atoms in total. The topological polar surface area (TPSA) is 67.9 Å². The van der Waals surface area contributed by atoms with Crippen LogP contribution in [0.15, 0.2) is 78.9 Å². The van der Waals surface area contributed by atoms with Crippen molar-refractivity contribution in [2.45, 2.75) is 6.42 Å². The van der Waals surface area contributed by atoms with E-state index in [1.165, 1.54) is 0 Å². The summed E-state index contributed by atoms with van der Waals surface area (Å²) in [5.41, 5.74) is 2.39. The molecule has 0 saturated heterocycles. The zero-order valence-corrected chi connectivity index (χ0v) is 16.4. The molecule has 2 amide bonds. The predicted molar refractivity (Wildman–Crippen MR) is 115 cm³/mol. The molecule has 0 saturated carbocycles. The van der Waals surface area contributed by atoms with E-state index in [0.29, 0.717) is 29.4 Å². The number of nitrogens with one attached hydrogen (secondary N) is 1. The van der Waals surface area contributed by atoms with E-state index in [9.17, 15) is 9.59 Å². The zero-order chi connectivity index (χ0) is 20.8. The second-order valence-electron chi connectivity index (χ2n) is 6.90. The van der Waals surface area contributed by atoms with E-state index in [-0.39, 0.29) is 25.0 Å². The molecule has 4 rings (SSSR count). The maximum atomic E-state index is 12.5. The summed E-state index contributed by atoms with van der Waals surface area (Å²) in [6.07, 6.45) is 0.730. The smallest absolute Gasteiger partial charge is 0.265 e. The molecule has 0 radical (unpaired) electrons. The lowest BCUT2D eigenvalue weighted by molar-refractivity contribution is -0.121. The lowest BCUT2D eigenvalue weighted by Crippen LogP contribution is -2.40. The average molecular weight is 402 g/mol. The summed E-state index contributed by atoms with van der Waals surface area (Å²) < 4.78 is 11.0. The molecule has 1 aliphatic heterocycles. The van der Waals surface area contributed by atoms with Crippen LogP contribution < -0.4 is 19.7 Å². The fourth-order valence-corrected chi connectivity index (χ4v) is 3.27. The van der Waals surface area contributed by atoms with Crippen molar-refractivity contribution < 1.29 is 19.1 Å². The minimum Gasteiger partial charge on any atom is -0.484 e. The monoisotopic (exact) mass is 402 g/mol. The molecule has 0 aromatic heterocycles. The van der Waals surface area contributed by atoms with Crippen molar-refractivity contribution in [1.29, 1.82) is 0 Å². The van der Waals surface area contributed by atoms with Crippen LogP contribution in [0.25, 0.3) is 0 Å². The van der Waals surface area contributed by atoms with Crippen molar-refractivity contribution in [3.8, 4) is 11.5 Å². The summed E-state index contributed by atoms with van der Waals surface area (Å²) in [7, 11) is 0. The molecule has 1 N–H and O–H groups in total. The number of benzene rings is 3.